The first-order valence-corrected chi connectivity index (χ1v) is 7.96. The highest BCUT2D eigenvalue weighted by molar-refractivity contribution is 5.89. The van der Waals surface area contributed by atoms with Gasteiger partial charge in [-0.1, -0.05) is 0 Å². The van der Waals surface area contributed by atoms with Crippen molar-refractivity contribution in [3.63, 3.8) is 0 Å². The van der Waals surface area contributed by atoms with Gasteiger partial charge >= 0.3 is 12.1 Å². The van der Waals surface area contributed by atoms with Crippen LogP contribution in [0, 0.1) is 0 Å². The second kappa shape index (κ2) is 7.51. The molecule has 132 valence electrons. The van der Waals surface area contributed by atoms with E-state index in [4.69, 9.17) is 9.47 Å². The molecule has 0 bridgehead atoms. The molecule has 0 saturated carbocycles. The molecule has 2 rings (SSSR count). The standard InChI is InChI=1S/C17H24N2O5/c1-17(2,3)24-16(21)19-7-5-6-13(11-19)23-14-8-12(9-18-10-14)15(20)22-4/h8-10,13H,5-7,11H2,1-4H3. The average molecular weight is 336 g/mol. The Morgan fingerprint density at radius 2 is 2.04 bits per heavy atom. The maximum absolute atomic E-state index is 12.2. The van der Waals surface area contributed by atoms with E-state index in [0.29, 0.717) is 24.4 Å². The third kappa shape index (κ3) is 5.11. The lowest BCUT2D eigenvalue weighted by Crippen LogP contribution is -2.46. The molecule has 2 heterocycles. The molecule has 0 aliphatic carbocycles. The number of carbonyl (C=O) groups is 2. The van der Waals surface area contributed by atoms with Crippen LogP contribution in [0.5, 0.6) is 5.75 Å². The summed E-state index contributed by atoms with van der Waals surface area (Å²) in [5.74, 6) is 0.0147. The lowest BCUT2D eigenvalue weighted by Gasteiger charge is -2.34. The summed E-state index contributed by atoms with van der Waals surface area (Å²) in [6, 6.07) is 1.59. The molecular formula is C17H24N2O5. The van der Waals surface area contributed by atoms with Crippen LogP contribution in [0.2, 0.25) is 0 Å². The van der Waals surface area contributed by atoms with Crippen LogP contribution in [0.25, 0.3) is 0 Å². The Hall–Kier alpha value is -2.31. The van der Waals surface area contributed by atoms with Crippen LogP contribution >= 0.6 is 0 Å². The zero-order valence-corrected chi connectivity index (χ0v) is 14.6. The number of hydrogen-bond acceptors (Lipinski definition) is 6. The molecule has 0 aromatic carbocycles. The predicted octanol–water partition coefficient (Wildman–Crippen LogP) is 2.65. The van der Waals surface area contributed by atoms with Gasteiger partial charge in [0.05, 0.1) is 25.4 Å². The van der Waals surface area contributed by atoms with E-state index in [-0.39, 0.29) is 12.2 Å². The van der Waals surface area contributed by atoms with Crippen molar-refractivity contribution in [2.45, 2.75) is 45.3 Å². The third-order valence-corrected chi connectivity index (χ3v) is 3.47. The molecule has 1 aromatic heterocycles. The van der Waals surface area contributed by atoms with Gasteiger partial charge in [-0.05, 0) is 39.7 Å². The molecule has 1 atom stereocenters. The van der Waals surface area contributed by atoms with Gasteiger partial charge in [0.2, 0.25) is 0 Å². The van der Waals surface area contributed by atoms with E-state index in [0.717, 1.165) is 12.8 Å². The Bertz CT molecular complexity index is 597. The number of amides is 1. The normalized spacial score (nSPS) is 18.0. The summed E-state index contributed by atoms with van der Waals surface area (Å²) in [6.45, 7) is 6.61. The van der Waals surface area contributed by atoms with Crippen molar-refractivity contribution in [1.29, 1.82) is 0 Å². The van der Waals surface area contributed by atoms with E-state index in [2.05, 4.69) is 9.72 Å². The Morgan fingerprint density at radius 1 is 1.29 bits per heavy atom. The van der Waals surface area contributed by atoms with E-state index in [9.17, 15) is 9.59 Å². The smallest absolute Gasteiger partial charge is 0.410 e. The first kappa shape index (κ1) is 18.0. The number of pyridine rings is 1. The van der Waals surface area contributed by atoms with Gasteiger partial charge in [0.1, 0.15) is 17.5 Å². The minimum Gasteiger partial charge on any atom is -0.487 e. The number of carbonyl (C=O) groups excluding carboxylic acids is 2. The lowest BCUT2D eigenvalue weighted by atomic mass is 10.1. The number of methoxy groups -OCH3 is 1. The van der Waals surface area contributed by atoms with Gasteiger partial charge in [-0.25, -0.2) is 9.59 Å². The average Bonchev–Trinajstić information content (AvgIpc) is 2.53. The zero-order chi connectivity index (χ0) is 17.7. The lowest BCUT2D eigenvalue weighted by molar-refractivity contribution is 0.00772. The molecule has 7 heteroatoms. The number of esters is 1. The topological polar surface area (TPSA) is 78.0 Å². The van der Waals surface area contributed by atoms with Gasteiger partial charge < -0.3 is 19.1 Å². The third-order valence-electron chi connectivity index (χ3n) is 3.47. The van der Waals surface area contributed by atoms with E-state index < -0.39 is 11.6 Å². The maximum atomic E-state index is 12.2. The van der Waals surface area contributed by atoms with Crippen LogP contribution in [0.3, 0.4) is 0 Å². The van der Waals surface area contributed by atoms with E-state index in [1.54, 1.807) is 17.2 Å². The minimum atomic E-state index is -0.524. The zero-order valence-electron chi connectivity index (χ0n) is 14.6. The molecule has 0 N–H and O–H groups in total. The second-order valence-corrected chi connectivity index (χ2v) is 6.71. The van der Waals surface area contributed by atoms with Crippen molar-refractivity contribution < 1.29 is 23.8 Å². The fourth-order valence-electron chi connectivity index (χ4n) is 2.43. The molecule has 24 heavy (non-hydrogen) atoms. The van der Waals surface area contributed by atoms with Crippen LogP contribution in [0.1, 0.15) is 44.0 Å². The van der Waals surface area contributed by atoms with E-state index in [1.807, 2.05) is 20.8 Å². The van der Waals surface area contributed by atoms with Gasteiger partial charge in [0, 0.05) is 12.7 Å². The van der Waals surface area contributed by atoms with Gasteiger partial charge in [0.15, 0.2) is 0 Å². The first-order chi connectivity index (χ1) is 11.3. The number of aromatic nitrogens is 1. The molecule has 0 spiro atoms. The van der Waals surface area contributed by atoms with Crippen molar-refractivity contribution in [3.8, 4) is 5.75 Å². The monoisotopic (exact) mass is 336 g/mol. The maximum Gasteiger partial charge on any atom is 0.410 e. The molecule has 1 fully saturated rings. The number of likely N-dealkylation sites (tertiary alicyclic amines) is 1. The van der Waals surface area contributed by atoms with Crippen molar-refractivity contribution in [3.05, 3.63) is 24.0 Å². The van der Waals surface area contributed by atoms with Crippen LogP contribution in [0.4, 0.5) is 4.79 Å². The molecule has 7 nitrogen and oxygen atoms in total. The molecule has 0 radical (unpaired) electrons. The van der Waals surface area contributed by atoms with Crippen molar-refractivity contribution >= 4 is 12.1 Å². The Kier molecular flexibility index (Phi) is 5.64. The van der Waals surface area contributed by atoms with Crippen molar-refractivity contribution in [1.82, 2.24) is 9.88 Å². The quantitative estimate of drug-likeness (QED) is 0.790. The summed E-state index contributed by atoms with van der Waals surface area (Å²) in [7, 11) is 1.32. The summed E-state index contributed by atoms with van der Waals surface area (Å²) in [4.78, 5) is 29.4. The number of rotatable bonds is 3. The Morgan fingerprint density at radius 3 is 2.71 bits per heavy atom. The first-order valence-electron chi connectivity index (χ1n) is 7.96. The molecule has 1 aromatic rings. The molecular weight excluding hydrogens is 312 g/mol. The fourth-order valence-corrected chi connectivity index (χ4v) is 2.43. The SMILES string of the molecule is COC(=O)c1cncc(OC2CCCN(C(=O)OC(C)(C)C)C2)c1. The van der Waals surface area contributed by atoms with Crippen LogP contribution in [-0.2, 0) is 9.47 Å². The molecule has 1 aliphatic rings. The summed E-state index contributed by atoms with van der Waals surface area (Å²) >= 11 is 0. The van der Waals surface area contributed by atoms with Gasteiger partial charge in [-0.3, -0.25) is 4.98 Å². The van der Waals surface area contributed by atoms with Crippen LogP contribution in [-0.4, -0.2) is 53.9 Å². The summed E-state index contributed by atoms with van der Waals surface area (Å²) in [6.07, 6.45) is 4.11. The number of nitrogens with zero attached hydrogens (tertiary/aromatic N) is 2. The van der Waals surface area contributed by atoms with Crippen molar-refractivity contribution in [2.24, 2.45) is 0 Å². The molecule has 1 amide bonds. The number of piperidine rings is 1. The van der Waals surface area contributed by atoms with Gasteiger partial charge in [-0.15, -0.1) is 0 Å². The van der Waals surface area contributed by atoms with E-state index >= 15 is 0 Å². The summed E-state index contributed by atoms with van der Waals surface area (Å²) in [5.41, 5.74) is -0.196. The van der Waals surface area contributed by atoms with Crippen LogP contribution in [0.15, 0.2) is 18.5 Å². The Balaban J connectivity index is 1.98. The molecule has 1 saturated heterocycles. The predicted molar refractivity (Wildman–Crippen MR) is 87.0 cm³/mol. The number of hydrogen-bond donors (Lipinski definition) is 0. The largest absolute Gasteiger partial charge is 0.487 e. The minimum absolute atomic E-state index is 0.166. The second-order valence-electron chi connectivity index (χ2n) is 6.71. The Labute approximate surface area is 141 Å². The highest BCUT2D eigenvalue weighted by Crippen LogP contribution is 2.20. The summed E-state index contributed by atoms with van der Waals surface area (Å²) in [5, 5.41) is 0. The highest BCUT2D eigenvalue weighted by Gasteiger charge is 2.28. The van der Waals surface area contributed by atoms with E-state index in [1.165, 1.54) is 13.3 Å². The highest BCUT2D eigenvalue weighted by atomic mass is 16.6. The molecule has 1 aliphatic heterocycles. The van der Waals surface area contributed by atoms with Gasteiger partial charge in [-0.2, -0.15) is 0 Å². The molecule has 1 unspecified atom stereocenters. The van der Waals surface area contributed by atoms with Gasteiger partial charge in [0.25, 0.3) is 0 Å². The summed E-state index contributed by atoms with van der Waals surface area (Å²) < 4.78 is 16.0. The van der Waals surface area contributed by atoms with Crippen molar-refractivity contribution in [2.75, 3.05) is 20.2 Å². The fraction of sp³-hybridized carbons (Fsp3) is 0.588. The number of ether oxygens (including phenoxy) is 3. The van der Waals surface area contributed by atoms with Crippen LogP contribution < -0.4 is 4.74 Å².